The van der Waals surface area contributed by atoms with Crippen LogP contribution in [0.5, 0.6) is 0 Å². The van der Waals surface area contributed by atoms with Crippen molar-refractivity contribution in [2.75, 3.05) is 19.7 Å². The van der Waals surface area contributed by atoms with Gasteiger partial charge in [-0.25, -0.2) is 0 Å². The first-order valence-electron chi connectivity index (χ1n) is 6.39. The summed E-state index contributed by atoms with van der Waals surface area (Å²) in [5.41, 5.74) is -0.602. The Morgan fingerprint density at radius 3 is 2.44 bits per heavy atom. The van der Waals surface area contributed by atoms with E-state index in [9.17, 15) is 14.7 Å². The summed E-state index contributed by atoms with van der Waals surface area (Å²) in [6, 6.07) is 0. The molecule has 0 saturated carbocycles. The summed E-state index contributed by atoms with van der Waals surface area (Å²) < 4.78 is 0. The van der Waals surface area contributed by atoms with E-state index in [-0.39, 0.29) is 18.4 Å². The van der Waals surface area contributed by atoms with Crippen LogP contribution in [0.1, 0.15) is 33.6 Å². The van der Waals surface area contributed by atoms with Crippen molar-refractivity contribution in [2.24, 2.45) is 17.3 Å². The van der Waals surface area contributed by atoms with Crippen LogP contribution in [0.25, 0.3) is 0 Å². The standard InChI is InChI=1S/C13H23NO4/c1-13(2,3)10(12(17)18)11(16)14-6-4-5-9(7-14)8-15/h9-10,15H,4-8H2,1-3H3,(H,17,18). The molecule has 0 radical (unpaired) electrons. The topological polar surface area (TPSA) is 77.8 Å². The van der Waals surface area contributed by atoms with Gasteiger partial charge in [0.25, 0.3) is 0 Å². The normalized spacial score (nSPS) is 22.7. The number of nitrogens with zero attached hydrogens (tertiary/aromatic N) is 1. The summed E-state index contributed by atoms with van der Waals surface area (Å²) in [6.45, 7) is 6.40. The maximum absolute atomic E-state index is 12.3. The Hall–Kier alpha value is -1.10. The minimum absolute atomic E-state index is 0.0526. The van der Waals surface area contributed by atoms with E-state index in [0.717, 1.165) is 12.8 Å². The third-order valence-corrected chi connectivity index (χ3v) is 3.45. The highest BCUT2D eigenvalue weighted by Crippen LogP contribution is 2.29. The highest BCUT2D eigenvalue weighted by Gasteiger charge is 2.41. The van der Waals surface area contributed by atoms with Gasteiger partial charge in [0.05, 0.1) is 0 Å². The number of rotatable bonds is 3. The van der Waals surface area contributed by atoms with Gasteiger partial charge >= 0.3 is 5.97 Å². The van der Waals surface area contributed by atoms with Crippen LogP contribution in [0.15, 0.2) is 0 Å². The van der Waals surface area contributed by atoms with Gasteiger partial charge in [0.2, 0.25) is 5.91 Å². The van der Waals surface area contributed by atoms with Gasteiger partial charge < -0.3 is 15.1 Å². The molecule has 1 heterocycles. The summed E-state index contributed by atoms with van der Waals surface area (Å²) in [5.74, 6) is -2.33. The lowest BCUT2D eigenvalue weighted by atomic mass is 9.79. The fourth-order valence-electron chi connectivity index (χ4n) is 2.44. The van der Waals surface area contributed by atoms with E-state index in [2.05, 4.69) is 0 Å². The van der Waals surface area contributed by atoms with Crippen LogP contribution in [0.2, 0.25) is 0 Å². The van der Waals surface area contributed by atoms with E-state index in [1.54, 1.807) is 25.7 Å². The van der Waals surface area contributed by atoms with Crippen LogP contribution in [0.3, 0.4) is 0 Å². The lowest BCUT2D eigenvalue weighted by molar-refractivity contribution is -0.157. The minimum Gasteiger partial charge on any atom is -0.481 e. The zero-order valence-electron chi connectivity index (χ0n) is 11.3. The lowest BCUT2D eigenvalue weighted by Crippen LogP contribution is -2.49. The number of carboxylic acids is 1. The van der Waals surface area contributed by atoms with Crippen LogP contribution in [0, 0.1) is 17.3 Å². The number of hydrogen-bond acceptors (Lipinski definition) is 3. The monoisotopic (exact) mass is 257 g/mol. The number of carboxylic acid groups (broad SMARTS) is 1. The summed E-state index contributed by atoms with van der Waals surface area (Å²) in [4.78, 5) is 25.2. The second kappa shape index (κ2) is 5.69. The van der Waals surface area contributed by atoms with Gasteiger partial charge in [-0.15, -0.1) is 0 Å². The first kappa shape index (κ1) is 15.0. The molecule has 0 aromatic rings. The highest BCUT2D eigenvalue weighted by atomic mass is 16.4. The summed E-state index contributed by atoms with van der Waals surface area (Å²) in [7, 11) is 0. The van der Waals surface area contributed by atoms with Crippen molar-refractivity contribution in [3.05, 3.63) is 0 Å². The lowest BCUT2D eigenvalue weighted by Gasteiger charge is -2.36. The Morgan fingerprint density at radius 2 is 2.00 bits per heavy atom. The third kappa shape index (κ3) is 3.45. The van der Waals surface area contributed by atoms with Gasteiger partial charge in [-0.05, 0) is 24.2 Å². The van der Waals surface area contributed by atoms with E-state index in [1.165, 1.54) is 0 Å². The molecule has 0 aromatic carbocycles. The molecule has 0 bridgehead atoms. The summed E-state index contributed by atoms with van der Waals surface area (Å²) >= 11 is 0. The molecular formula is C13H23NO4. The maximum atomic E-state index is 12.3. The van der Waals surface area contributed by atoms with Gasteiger partial charge in [-0.2, -0.15) is 0 Å². The molecule has 2 atom stereocenters. The molecule has 5 nitrogen and oxygen atoms in total. The van der Waals surface area contributed by atoms with E-state index < -0.39 is 17.3 Å². The first-order valence-corrected chi connectivity index (χ1v) is 6.39. The van der Waals surface area contributed by atoms with Crippen molar-refractivity contribution in [1.29, 1.82) is 0 Å². The molecule has 1 fully saturated rings. The zero-order valence-corrected chi connectivity index (χ0v) is 11.3. The Bertz CT molecular complexity index is 321. The molecule has 2 unspecified atom stereocenters. The van der Waals surface area contributed by atoms with Crippen molar-refractivity contribution in [2.45, 2.75) is 33.6 Å². The van der Waals surface area contributed by atoms with Gasteiger partial charge in [-0.3, -0.25) is 9.59 Å². The van der Waals surface area contributed by atoms with Crippen molar-refractivity contribution in [3.63, 3.8) is 0 Å². The first-order chi connectivity index (χ1) is 8.27. The third-order valence-electron chi connectivity index (χ3n) is 3.45. The van der Waals surface area contributed by atoms with Crippen LogP contribution < -0.4 is 0 Å². The quantitative estimate of drug-likeness (QED) is 0.738. The molecule has 1 aliphatic heterocycles. The van der Waals surface area contributed by atoms with E-state index in [0.29, 0.717) is 13.1 Å². The number of amides is 1. The van der Waals surface area contributed by atoms with Crippen LogP contribution in [-0.2, 0) is 9.59 Å². The predicted molar refractivity (Wildman–Crippen MR) is 67.0 cm³/mol. The smallest absolute Gasteiger partial charge is 0.316 e. The number of aliphatic hydroxyl groups excluding tert-OH is 1. The molecule has 0 aromatic heterocycles. The number of piperidine rings is 1. The predicted octanol–water partition coefficient (Wildman–Crippen LogP) is 0.964. The van der Waals surface area contributed by atoms with E-state index in [4.69, 9.17) is 5.11 Å². The van der Waals surface area contributed by atoms with Crippen molar-refractivity contribution < 1.29 is 19.8 Å². The molecule has 1 saturated heterocycles. The van der Waals surface area contributed by atoms with Crippen LogP contribution in [0.4, 0.5) is 0 Å². The molecule has 0 spiro atoms. The van der Waals surface area contributed by atoms with E-state index >= 15 is 0 Å². The Labute approximate surface area is 108 Å². The van der Waals surface area contributed by atoms with Gasteiger partial charge in [0.15, 0.2) is 0 Å². The molecule has 104 valence electrons. The van der Waals surface area contributed by atoms with E-state index in [1.807, 2.05) is 0 Å². The van der Waals surface area contributed by atoms with Gasteiger partial charge in [0.1, 0.15) is 5.92 Å². The van der Waals surface area contributed by atoms with Crippen molar-refractivity contribution >= 4 is 11.9 Å². The maximum Gasteiger partial charge on any atom is 0.316 e. The largest absolute Gasteiger partial charge is 0.481 e. The molecule has 1 rings (SSSR count). The number of carbonyl (C=O) groups excluding carboxylic acids is 1. The fraction of sp³-hybridized carbons (Fsp3) is 0.846. The Balaban J connectivity index is 2.80. The SMILES string of the molecule is CC(C)(C)C(C(=O)O)C(=O)N1CCCC(CO)C1. The minimum atomic E-state index is -1.07. The van der Waals surface area contributed by atoms with Crippen molar-refractivity contribution in [3.8, 4) is 0 Å². The number of aliphatic carboxylic acids is 1. The molecule has 2 N–H and O–H groups in total. The number of likely N-dealkylation sites (tertiary alicyclic amines) is 1. The van der Waals surface area contributed by atoms with Gasteiger partial charge in [0, 0.05) is 19.7 Å². The van der Waals surface area contributed by atoms with Crippen LogP contribution in [-0.4, -0.2) is 46.7 Å². The highest BCUT2D eigenvalue weighted by molar-refractivity contribution is 5.97. The summed E-state index contributed by atoms with van der Waals surface area (Å²) in [6.07, 6.45) is 1.72. The van der Waals surface area contributed by atoms with Crippen molar-refractivity contribution in [1.82, 2.24) is 4.90 Å². The molecule has 1 aliphatic rings. The Morgan fingerprint density at radius 1 is 1.39 bits per heavy atom. The second-order valence-corrected chi connectivity index (χ2v) is 6.11. The van der Waals surface area contributed by atoms with Crippen LogP contribution >= 0.6 is 0 Å². The Kier molecular flexibility index (Phi) is 4.73. The number of carbonyl (C=O) groups is 2. The zero-order chi connectivity index (χ0) is 13.9. The molecule has 18 heavy (non-hydrogen) atoms. The van der Waals surface area contributed by atoms with Gasteiger partial charge in [-0.1, -0.05) is 20.8 Å². The molecule has 1 amide bonds. The molecule has 5 heteroatoms. The average Bonchev–Trinajstić information content (AvgIpc) is 2.26. The number of hydrogen-bond donors (Lipinski definition) is 2. The average molecular weight is 257 g/mol. The second-order valence-electron chi connectivity index (χ2n) is 6.11. The molecular weight excluding hydrogens is 234 g/mol. The fourth-order valence-corrected chi connectivity index (χ4v) is 2.44. The number of aliphatic hydroxyl groups is 1. The summed E-state index contributed by atoms with van der Waals surface area (Å²) in [5, 5.41) is 18.4. The molecule has 0 aliphatic carbocycles.